The lowest BCUT2D eigenvalue weighted by atomic mass is 10.2. The van der Waals surface area contributed by atoms with E-state index >= 15 is 0 Å². The molecule has 1 N–H and O–H groups in total. The summed E-state index contributed by atoms with van der Waals surface area (Å²) < 4.78 is 0. The monoisotopic (exact) mass is 248 g/mol. The Morgan fingerprint density at radius 3 is 2.78 bits per heavy atom. The van der Waals surface area contributed by atoms with E-state index in [4.69, 9.17) is 0 Å². The zero-order valence-corrected chi connectivity index (χ0v) is 10.5. The maximum atomic E-state index is 11.8. The van der Waals surface area contributed by atoms with Gasteiger partial charge in [-0.25, -0.2) is 4.98 Å². The molecule has 18 heavy (non-hydrogen) atoms. The van der Waals surface area contributed by atoms with Crippen molar-refractivity contribution >= 4 is 17.6 Å². The predicted molar refractivity (Wildman–Crippen MR) is 66.8 cm³/mol. The van der Waals surface area contributed by atoms with E-state index in [9.17, 15) is 9.59 Å². The number of anilines is 1. The van der Waals surface area contributed by atoms with Gasteiger partial charge in [0.1, 0.15) is 5.82 Å². The summed E-state index contributed by atoms with van der Waals surface area (Å²) in [6.07, 6.45) is 0. The standard InChI is InChI=1S/C12H16N4O2/c1-13-10-5-3-4-9(14-10)8-16-7-6-15(2)11(17)12(16)18/h3-5H,6-8H2,1-2H3,(H,13,14). The normalized spacial score (nSPS) is 16.1. The average molecular weight is 248 g/mol. The highest BCUT2D eigenvalue weighted by molar-refractivity contribution is 6.35. The van der Waals surface area contributed by atoms with Gasteiger partial charge in [-0.05, 0) is 12.1 Å². The largest absolute Gasteiger partial charge is 0.373 e. The zero-order valence-electron chi connectivity index (χ0n) is 10.5. The third-order valence-corrected chi connectivity index (χ3v) is 2.94. The van der Waals surface area contributed by atoms with Gasteiger partial charge < -0.3 is 15.1 Å². The Kier molecular flexibility index (Phi) is 3.45. The van der Waals surface area contributed by atoms with Gasteiger partial charge in [-0.15, -0.1) is 0 Å². The van der Waals surface area contributed by atoms with Gasteiger partial charge in [-0.3, -0.25) is 9.59 Å². The van der Waals surface area contributed by atoms with Crippen molar-refractivity contribution in [3.8, 4) is 0 Å². The van der Waals surface area contributed by atoms with Gasteiger partial charge in [0.25, 0.3) is 0 Å². The quantitative estimate of drug-likeness (QED) is 0.760. The number of hydrogen-bond acceptors (Lipinski definition) is 4. The maximum Gasteiger partial charge on any atom is 0.312 e. The van der Waals surface area contributed by atoms with E-state index in [2.05, 4.69) is 10.3 Å². The van der Waals surface area contributed by atoms with Gasteiger partial charge in [-0.2, -0.15) is 0 Å². The second-order valence-electron chi connectivity index (χ2n) is 4.22. The molecule has 0 saturated carbocycles. The second-order valence-corrected chi connectivity index (χ2v) is 4.22. The van der Waals surface area contributed by atoms with Crippen LogP contribution in [0.2, 0.25) is 0 Å². The van der Waals surface area contributed by atoms with Gasteiger partial charge in [-0.1, -0.05) is 6.07 Å². The Morgan fingerprint density at radius 2 is 2.06 bits per heavy atom. The van der Waals surface area contributed by atoms with Crippen LogP contribution in [0.1, 0.15) is 5.69 Å². The summed E-state index contributed by atoms with van der Waals surface area (Å²) in [6.45, 7) is 1.48. The van der Waals surface area contributed by atoms with E-state index < -0.39 is 11.8 Å². The lowest BCUT2D eigenvalue weighted by Gasteiger charge is -2.31. The topological polar surface area (TPSA) is 65.5 Å². The van der Waals surface area contributed by atoms with E-state index in [1.807, 2.05) is 18.2 Å². The first kappa shape index (κ1) is 12.3. The number of nitrogens with zero attached hydrogens (tertiary/aromatic N) is 3. The van der Waals surface area contributed by atoms with Crippen LogP contribution in [0.4, 0.5) is 5.82 Å². The molecular weight excluding hydrogens is 232 g/mol. The molecule has 0 radical (unpaired) electrons. The third-order valence-electron chi connectivity index (χ3n) is 2.94. The summed E-state index contributed by atoms with van der Waals surface area (Å²) >= 11 is 0. The first-order valence-corrected chi connectivity index (χ1v) is 5.80. The van der Waals surface area contributed by atoms with Crippen molar-refractivity contribution in [1.82, 2.24) is 14.8 Å². The first-order chi connectivity index (χ1) is 8.61. The van der Waals surface area contributed by atoms with Crippen LogP contribution in [0.15, 0.2) is 18.2 Å². The summed E-state index contributed by atoms with van der Waals surface area (Å²) in [6, 6.07) is 5.56. The minimum absolute atomic E-state index is 0.369. The SMILES string of the molecule is CNc1cccc(CN2CCN(C)C(=O)C2=O)n1. The molecule has 0 spiro atoms. The smallest absolute Gasteiger partial charge is 0.312 e. The van der Waals surface area contributed by atoms with E-state index in [-0.39, 0.29) is 0 Å². The van der Waals surface area contributed by atoms with E-state index in [0.29, 0.717) is 19.6 Å². The van der Waals surface area contributed by atoms with E-state index in [1.165, 1.54) is 9.80 Å². The van der Waals surface area contributed by atoms with Crippen LogP contribution in [0, 0.1) is 0 Å². The molecule has 1 fully saturated rings. The van der Waals surface area contributed by atoms with Gasteiger partial charge >= 0.3 is 11.8 Å². The highest BCUT2D eigenvalue weighted by Crippen LogP contribution is 2.10. The fourth-order valence-electron chi connectivity index (χ4n) is 1.83. The van der Waals surface area contributed by atoms with Crippen molar-refractivity contribution in [2.24, 2.45) is 0 Å². The zero-order chi connectivity index (χ0) is 13.1. The molecule has 2 heterocycles. The van der Waals surface area contributed by atoms with Crippen LogP contribution >= 0.6 is 0 Å². The van der Waals surface area contributed by atoms with Crippen molar-refractivity contribution in [3.05, 3.63) is 23.9 Å². The molecule has 0 aromatic carbocycles. The van der Waals surface area contributed by atoms with Crippen molar-refractivity contribution in [2.75, 3.05) is 32.5 Å². The predicted octanol–water partition coefficient (Wildman–Crippen LogP) is -0.0761. The van der Waals surface area contributed by atoms with Crippen LogP contribution in [0.3, 0.4) is 0 Å². The van der Waals surface area contributed by atoms with Crippen LogP contribution in [-0.4, -0.2) is 53.8 Å². The minimum Gasteiger partial charge on any atom is -0.373 e. The van der Waals surface area contributed by atoms with Crippen molar-refractivity contribution in [2.45, 2.75) is 6.54 Å². The van der Waals surface area contributed by atoms with E-state index in [0.717, 1.165) is 11.5 Å². The summed E-state index contributed by atoms with van der Waals surface area (Å²) in [5, 5.41) is 2.94. The number of piperazine rings is 1. The molecular formula is C12H16N4O2. The summed E-state index contributed by atoms with van der Waals surface area (Å²) in [4.78, 5) is 30.6. The Hall–Kier alpha value is -2.11. The Bertz CT molecular complexity index is 475. The van der Waals surface area contributed by atoms with Gasteiger partial charge in [0.05, 0.1) is 12.2 Å². The third kappa shape index (κ3) is 2.42. The molecule has 0 bridgehead atoms. The van der Waals surface area contributed by atoms with Gasteiger partial charge in [0.15, 0.2) is 0 Å². The molecule has 1 aromatic heterocycles. The lowest BCUT2D eigenvalue weighted by Crippen LogP contribution is -2.52. The highest BCUT2D eigenvalue weighted by Gasteiger charge is 2.30. The highest BCUT2D eigenvalue weighted by atomic mass is 16.2. The number of pyridine rings is 1. The fraction of sp³-hybridized carbons (Fsp3) is 0.417. The van der Waals surface area contributed by atoms with Crippen LogP contribution in [-0.2, 0) is 16.1 Å². The summed E-state index contributed by atoms with van der Waals surface area (Å²) in [5.74, 6) is -0.160. The second kappa shape index (κ2) is 5.03. The molecule has 1 aliphatic heterocycles. The van der Waals surface area contributed by atoms with Crippen molar-refractivity contribution in [3.63, 3.8) is 0 Å². The number of likely N-dealkylation sites (N-methyl/N-ethyl adjacent to an activating group) is 1. The fourth-order valence-corrected chi connectivity index (χ4v) is 1.83. The summed E-state index contributed by atoms with van der Waals surface area (Å²) in [7, 11) is 3.42. The molecule has 1 aromatic rings. The van der Waals surface area contributed by atoms with Crippen LogP contribution in [0.5, 0.6) is 0 Å². The molecule has 96 valence electrons. The minimum atomic E-state index is -0.458. The average Bonchev–Trinajstić information content (AvgIpc) is 2.40. The molecule has 0 aliphatic carbocycles. The van der Waals surface area contributed by atoms with E-state index in [1.54, 1.807) is 14.1 Å². The molecule has 2 rings (SSSR count). The number of carbonyl (C=O) groups excluding carboxylic acids is 2. The maximum absolute atomic E-state index is 11.8. The van der Waals surface area contributed by atoms with Crippen molar-refractivity contribution < 1.29 is 9.59 Å². The molecule has 6 nitrogen and oxygen atoms in total. The number of hydrogen-bond donors (Lipinski definition) is 1. The number of rotatable bonds is 3. The van der Waals surface area contributed by atoms with Gasteiger partial charge in [0, 0.05) is 27.2 Å². The van der Waals surface area contributed by atoms with Crippen LogP contribution in [0.25, 0.3) is 0 Å². The number of aromatic nitrogens is 1. The number of nitrogens with one attached hydrogen (secondary N) is 1. The first-order valence-electron chi connectivity index (χ1n) is 5.80. The molecule has 2 amide bonds. The molecule has 6 heteroatoms. The van der Waals surface area contributed by atoms with Gasteiger partial charge in [0.2, 0.25) is 0 Å². The Balaban J connectivity index is 2.09. The molecule has 1 saturated heterocycles. The Morgan fingerprint density at radius 1 is 1.28 bits per heavy atom. The van der Waals surface area contributed by atoms with Crippen LogP contribution < -0.4 is 5.32 Å². The lowest BCUT2D eigenvalue weighted by molar-refractivity contribution is -0.155. The number of amides is 2. The van der Waals surface area contributed by atoms with Crippen molar-refractivity contribution in [1.29, 1.82) is 0 Å². The molecule has 1 aliphatic rings. The summed E-state index contributed by atoms with van der Waals surface area (Å²) in [5.41, 5.74) is 0.771. The Labute approximate surface area is 106 Å². The molecule has 0 atom stereocenters. The molecule has 0 unspecified atom stereocenters. The number of carbonyl (C=O) groups is 2.